The van der Waals surface area contributed by atoms with E-state index >= 15 is 0 Å². The van der Waals surface area contributed by atoms with E-state index in [0.29, 0.717) is 6.54 Å². The van der Waals surface area contributed by atoms with E-state index < -0.39 is 9.84 Å². The van der Waals surface area contributed by atoms with Crippen LogP contribution in [0.15, 0.2) is 30.3 Å². The summed E-state index contributed by atoms with van der Waals surface area (Å²) in [7, 11) is -3.14. The van der Waals surface area contributed by atoms with Crippen LogP contribution >= 0.6 is 0 Å². The molecular formula is C17H22N2O4S. The summed E-state index contributed by atoms with van der Waals surface area (Å²) in [5, 5.41) is 0. The monoisotopic (exact) mass is 350 g/mol. The second kappa shape index (κ2) is 6.04. The molecular weight excluding hydrogens is 328 g/mol. The minimum Gasteiger partial charge on any atom is -0.376 e. The lowest BCUT2D eigenvalue weighted by Crippen LogP contribution is -2.63. The van der Waals surface area contributed by atoms with Crippen molar-refractivity contribution in [1.82, 2.24) is 4.90 Å². The Morgan fingerprint density at radius 2 is 1.88 bits per heavy atom. The molecule has 0 N–H and O–H groups in total. The van der Waals surface area contributed by atoms with Crippen LogP contribution in [-0.2, 0) is 19.4 Å². The highest BCUT2D eigenvalue weighted by Gasteiger charge is 2.49. The highest BCUT2D eigenvalue weighted by atomic mass is 32.2. The summed E-state index contributed by atoms with van der Waals surface area (Å²) in [6.07, 6.45) is 1.99. The van der Waals surface area contributed by atoms with Gasteiger partial charge in [0.15, 0.2) is 9.84 Å². The van der Waals surface area contributed by atoms with Gasteiger partial charge in [0.05, 0.1) is 36.2 Å². The normalized spacial score (nSPS) is 32.2. The standard InChI is InChI=1S/C17H22N2O4S/c20-17-10-18(13-5-2-1-3-6-13)15-11-24(21,22)12-16(15)19(17)9-14-7-4-8-23-14/h1-3,5-6,14-16H,4,7-12H2. The maximum Gasteiger partial charge on any atom is 0.242 e. The lowest BCUT2D eigenvalue weighted by molar-refractivity contribution is -0.135. The zero-order valence-corrected chi connectivity index (χ0v) is 14.3. The van der Waals surface area contributed by atoms with Crippen molar-refractivity contribution in [3.05, 3.63) is 30.3 Å². The largest absolute Gasteiger partial charge is 0.376 e. The molecule has 3 unspecified atom stereocenters. The fraction of sp³-hybridized carbons (Fsp3) is 0.588. The SMILES string of the molecule is O=C1CN(c2ccccc2)C2CS(=O)(=O)CC2N1CC1CCCO1. The van der Waals surface area contributed by atoms with Crippen molar-refractivity contribution in [3.8, 4) is 0 Å². The van der Waals surface area contributed by atoms with Crippen molar-refractivity contribution in [2.45, 2.75) is 31.0 Å². The highest BCUT2D eigenvalue weighted by Crippen LogP contribution is 2.32. The minimum atomic E-state index is -3.14. The Hall–Kier alpha value is -1.60. The quantitative estimate of drug-likeness (QED) is 0.802. The number of hydrogen-bond donors (Lipinski definition) is 0. The van der Waals surface area contributed by atoms with Crippen LogP contribution in [0.5, 0.6) is 0 Å². The van der Waals surface area contributed by atoms with E-state index in [1.54, 1.807) is 4.90 Å². The molecule has 1 aromatic carbocycles. The number of carbonyl (C=O) groups excluding carboxylic acids is 1. The van der Waals surface area contributed by atoms with Gasteiger partial charge in [0.2, 0.25) is 5.91 Å². The maximum atomic E-state index is 12.8. The summed E-state index contributed by atoms with van der Waals surface area (Å²) in [5.41, 5.74) is 0.912. The Morgan fingerprint density at radius 3 is 2.58 bits per heavy atom. The van der Waals surface area contributed by atoms with Crippen molar-refractivity contribution in [1.29, 1.82) is 0 Å². The fourth-order valence-corrected chi connectivity index (χ4v) is 6.07. The number of anilines is 1. The predicted molar refractivity (Wildman–Crippen MR) is 90.7 cm³/mol. The van der Waals surface area contributed by atoms with Crippen molar-refractivity contribution in [2.24, 2.45) is 0 Å². The molecule has 3 aliphatic heterocycles. The van der Waals surface area contributed by atoms with Gasteiger partial charge in [-0.1, -0.05) is 18.2 Å². The molecule has 3 heterocycles. The first kappa shape index (κ1) is 15.9. The van der Waals surface area contributed by atoms with Crippen LogP contribution in [0.4, 0.5) is 5.69 Å². The fourth-order valence-electron chi connectivity index (χ4n) is 4.09. The second-order valence-electron chi connectivity index (χ2n) is 6.86. The number of benzene rings is 1. The van der Waals surface area contributed by atoms with Crippen LogP contribution in [0.3, 0.4) is 0 Å². The van der Waals surface area contributed by atoms with Gasteiger partial charge in [-0.05, 0) is 25.0 Å². The molecule has 0 bridgehead atoms. The number of piperazine rings is 1. The van der Waals surface area contributed by atoms with E-state index in [1.807, 2.05) is 35.2 Å². The molecule has 7 heteroatoms. The molecule has 130 valence electrons. The van der Waals surface area contributed by atoms with Crippen LogP contribution in [0, 0.1) is 0 Å². The van der Waals surface area contributed by atoms with E-state index in [9.17, 15) is 13.2 Å². The van der Waals surface area contributed by atoms with Gasteiger partial charge in [0.1, 0.15) is 0 Å². The van der Waals surface area contributed by atoms with Gasteiger partial charge in [-0.25, -0.2) is 8.42 Å². The lowest BCUT2D eigenvalue weighted by Gasteiger charge is -2.45. The number of nitrogens with zero attached hydrogens (tertiary/aromatic N) is 2. The molecule has 0 radical (unpaired) electrons. The number of sulfone groups is 1. The Kier molecular flexibility index (Phi) is 4.00. The van der Waals surface area contributed by atoms with Gasteiger partial charge in [0.25, 0.3) is 0 Å². The summed E-state index contributed by atoms with van der Waals surface area (Å²) in [6, 6.07) is 9.17. The lowest BCUT2D eigenvalue weighted by atomic mass is 10.0. The van der Waals surface area contributed by atoms with Crippen LogP contribution < -0.4 is 4.90 Å². The van der Waals surface area contributed by atoms with Crippen LogP contribution in [0.2, 0.25) is 0 Å². The van der Waals surface area contributed by atoms with Crippen molar-refractivity contribution >= 4 is 21.4 Å². The van der Waals surface area contributed by atoms with Crippen LogP contribution in [-0.4, -0.2) is 68.6 Å². The van der Waals surface area contributed by atoms with E-state index in [-0.39, 0.29) is 42.1 Å². The topological polar surface area (TPSA) is 66.9 Å². The van der Waals surface area contributed by atoms with Crippen molar-refractivity contribution in [3.63, 3.8) is 0 Å². The molecule has 3 fully saturated rings. The van der Waals surface area contributed by atoms with Crippen LogP contribution in [0.25, 0.3) is 0 Å². The number of carbonyl (C=O) groups is 1. The van der Waals surface area contributed by atoms with Gasteiger partial charge < -0.3 is 14.5 Å². The van der Waals surface area contributed by atoms with Gasteiger partial charge in [0, 0.05) is 18.8 Å². The Labute approximate surface area is 142 Å². The van der Waals surface area contributed by atoms with Crippen molar-refractivity contribution in [2.75, 3.05) is 36.1 Å². The Balaban J connectivity index is 1.63. The minimum absolute atomic E-state index is 0.00676. The Morgan fingerprint density at radius 1 is 1.12 bits per heavy atom. The third-order valence-corrected chi connectivity index (χ3v) is 6.93. The molecule has 0 saturated carbocycles. The van der Waals surface area contributed by atoms with Gasteiger partial charge >= 0.3 is 0 Å². The highest BCUT2D eigenvalue weighted by molar-refractivity contribution is 7.91. The summed E-state index contributed by atoms with van der Waals surface area (Å²) >= 11 is 0. The van der Waals surface area contributed by atoms with E-state index in [0.717, 1.165) is 25.1 Å². The van der Waals surface area contributed by atoms with E-state index in [2.05, 4.69) is 0 Å². The third kappa shape index (κ3) is 2.91. The molecule has 0 spiro atoms. The first-order valence-electron chi connectivity index (χ1n) is 8.47. The van der Waals surface area contributed by atoms with Crippen molar-refractivity contribution < 1.29 is 17.9 Å². The van der Waals surface area contributed by atoms with Crippen LogP contribution in [0.1, 0.15) is 12.8 Å². The molecule has 3 saturated heterocycles. The molecule has 6 nitrogen and oxygen atoms in total. The average molecular weight is 350 g/mol. The zero-order chi connectivity index (χ0) is 16.7. The number of ether oxygens (including phenoxy) is 1. The molecule has 0 aromatic heterocycles. The number of hydrogen-bond acceptors (Lipinski definition) is 5. The zero-order valence-electron chi connectivity index (χ0n) is 13.5. The van der Waals surface area contributed by atoms with Gasteiger partial charge in [-0.15, -0.1) is 0 Å². The molecule has 0 aliphatic carbocycles. The smallest absolute Gasteiger partial charge is 0.242 e. The molecule has 3 aliphatic rings. The molecule has 4 rings (SSSR count). The number of amides is 1. The van der Waals surface area contributed by atoms with E-state index in [1.165, 1.54) is 0 Å². The molecule has 1 aromatic rings. The second-order valence-corrected chi connectivity index (χ2v) is 9.01. The molecule has 1 amide bonds. The third-order valence-electron chi connectivity index (χ3n) is 5.23. The molecule has 3 atom stereocenters. The van der Waals surface area contributed by atoms with Gasteiger partial charge in [-0.2, -0.15) is 0 Å². The Bertz CT molecular complexity index is 715. The predicted octanol–water partition coefficient (Wildman–Crippen LogP) is 0.680. The number of fused-ring (bicyclic) bond motifs is 1. The first-order chi connectivity index (χ1) is 11.5. The average Bonchev–Trinajstić information content (AvgIpc) is 3.17. The number of rotatable bonds is 3. The number of para-hydroxylation sites is 1. The summed E-state index contributed by atoms with van der Waals surface area (Å²) in [5.74, 6) is 0.161. The maximum absolute atomic E-state index is 12.8. The first-order valence-corrected chi connectivity index (χ1v) is 10.3. The summed E-state index contributed by atoms with van der Waals surface area (Å²) in [4.78, 5) is 16.5. The summed E-state index contributed by atoms with van der Waals surface area (Å²) in [6.45, 7) is 1.47. The van der Waals surface area contributed by atoms with Gasteiger partial charge in [-0.3, -0.25) is 4.79 Å². The van der Waals surface area contributed by atoms with E-state index in [4.69, 9.17) is 4.74 Å². The summed E-state index contributed by atoms with van der Waals surface area (Å²) < 4.78 is 30.2. The molecule has 24 heavy (non-hydrogen) atoms.